The van der Waals surface area contributed by atoms with Gasteiger partial charge in [0, 0.05) is 17.2 Å². The number of hydrogen-bond donors (Lipinski definition) is 1. The molecule has 0 aliphatic heterocycles. The van der Waals surface area contributed by atoms with Gasteiger partial charge in [0.15, 0.2) is 0 Å². The summed E-state index contributed by atoms with van der Waals surface area (Å²) in [6, 6.07) is 5.82. The molecule has 0 aliphatic carbocycles. The minimum absolute atomic E-state index is 0.696. The molecule has 0 aliphatic rings. The maximum absolute atomic E-state index is 6.07. The molecule has 1 aromatic carbocycles. The molecular weight excluding hydrogens is 393 g/mol. The van der Waals surface area contributed by atoms with Gasteiger partial charge < -0.3 is 5.32 Å². The first-order valence-corrected chi connectivity index (χ1v) is 7.88. The van der Waals surface area contributed by atoms with Crippen molar-refractivity contribution >= 4 is 49.1 Å². The van der Waals surface area contributed by atoms with E-state index in [2.05, 4.69) is 49.2 Å². The first-order valence-electron chi connectivity index (χ1n) is 5.92. The lowest BCUT2D eigenvalue weighted by atomic mass is 10.3. The third-order valence-corrected chi connectivity index (χ3v) is 5.03. The number of hydrogen-bond acceptors (Lipinski definition) is 2. The van der Waals surface area contributed by atoms with Crippen molar-refractivity contribution in [2.24, 2.45) is 7.05 Å². The second kappa shape index (κ2) is 6.29. The number of rotatable bonds is 4. The second-order valence-electron chi connectivity index (χ2n) is 4.17. The molecule has 6 heteroatoms. The van der Waals surface area contributed by atoms with E-state index in [4.69, 9.17) is 11.6 Å². The summed E-state index contributed by atoms with van der Waals surface area (Å²) in [5.74, 6) is 0. The number of nitrogens with zero attached hydrogens (tertiary/aromatic N) is 2. The van der Waals surface area contributed by atoms with Crippen LogP contribution in [0.25, 0.3) is 0 Å². The molecule has 102 valence electrons. The maximum atomic E-state index is 6.07. The molecule has 0 radical (unpaired) electrons. The molecule has 1 aromatic heterocycles. The van der Waals surface area contributed by atoms with E-state index >= 15 is 0 Å². The van der Waals surface area contributed by atoms with Gasteiger partial charge in [0.25, 0.3) is 0 Å². The fourth-order valence-electron chi connectivity index (χ4n) is 1.80. The fourth-order valence-corrected chi connectivity index (χ4v) is 2.99. The maximum Gasteiger partial charge on any atom is 0.0767 e. The third-order valence-electron chi connectivity index (χ3n) is 2.88. The van der Waals surface area contributed by atoms with E-state index in [0.717, 1.165) is 32.4 Å². The number of halogens is 3. The summed E-state index contributed by atoms with van der Waals surface area (Å²) in [5, 5.41) is 8.52. The van der Waals surface area contributed by atoms with Gasteiger partial charge in [-0.1, -0.05) is 18.5 Å². The lowest BCUT2D eigenvalue weighted by Crippen LogP contribution is -2.06. The highest BCUT2D eigenvalue weighted by atomic mass is 79.9. The van der Waals surface area contributed by atoms with Gasteiger partial charge in [-0.25, -0.2) is 0 Å². The van der Waals surface area contributed by atoms with Gasteiger partial charge in [-0.3, -0.25) is 4.68 Å². The van der Waals surface area contributed by atoms with Crippen molar-refractivity contribution in [1.29, 1.82) is 0 Å². The van der Waals surface area contributed by atoms with Crippen molar-refractivity contribution in [3.63, 3.8) is 0 Å². The van der Waals surface area contributed by atoms with Crippen molar-refractivity contribution in [3.8, 4) is 0 Å². The smallest absolute Gasteiger partial charge is 0.0767 e. The molecule has 0 spiro atoms. The number of benzene rings is 1. The second-order valence-corrected chi connectivity index (χ2v) is 6.22. The van der Waals surface area contributed by atoms with Crippen molar-refractivity contribution in [1.82, 2.24) is 9.78 Å². The van der Waals surface area contributed by atoms with Crippen LogP contribution in [0.4, 0.5) is 5.69 Å². The summed E-state index contributed by atoms with van der Waals surface area (Å²) in [5.41, 5.74) is 3.18. The highest BCUT2D eigenvalue weighted by Crippen LogP contribution is 2.27. The van der Waals surface area contributed by atoms with E-state index in [0.29, 0.717) is 11.6 Å². The van der Waals surface area contributed by atoms with E-state index in [1.807, 2.05) is 29.9 Å². The summed E-state index contributed by atoms with van der Waals surface area (Å²) in [4.78, 5) is 0. The Morgan fingerprint density at radius 1 is 1.37 bits per heavy atom. The molecule has 0 saturated heterocycles. The first-order chi connectivity index (χ1) is 9.02. The fraction of sp³-hybridized carbons (Fsp3) is 0.308. The number of aryl methyl sites for hydroxylation is 2. The summed E-state index contributed by atoms with van der Waals surface area (Å²) in [6.45, 7) is 2.79. The van der Waals surface area contributed by atoms with E-state index in [1.165, 1.54) is 0 Å². The molecule has 0 saturated carbocycles. The lowest BCUT2D eigenvalue weighted by Gasteiger charge is -2.08. The van der Waals surface area contributed by atoms with Crippen molar-refractivity contribution < 1.29 is 0 Å². The molecule has 1 heterocycles. The van der Waals surface area contributed by atoms with Crippen molar-refractivity contribution in [2.45, 2.75) is 19.9 Å². The SMILES string of the molecule is CCc1nn(C)c(CNc2ccc(Br)c(Cl)c2)c1Br. The van der Waals surface area contributed by atoms with Crippen LogP contribution in [0.2, 0.25) is 5.02 Å². The summed E-state index contributed by atoms with van der Waals surface area (Å²) < 4.78 is 3.87. The first kappa shape index (κ1) is 14.9. The molecule has 3 nitrogen and oxygen atoms in total. The monoisotopic (exact) mass is 405 g/mol. The molecule has 0 atom stereocenters. The normalized spacial score (nSPS) is 10.8. The average molecular weight is 408 g/mol. The Balaban J connectivity index is 2.14. The van der Waals surface area contributed by atoms with Crippen LogP contribution in [0.15, 0.2) is 27.1 Å². The highest BCUT2D eigenvalue weighted by molar-refractivity contribution is 9.10. The Labute approximate surface area is 134 Å². The van der Waals surface area contributed by atoms with E-state index in [1.54, 1.807) is 0 Å². The van der Waals surface area contributed by atoms with Gasteiger partial charge >= 0.3 is 0 Å². The van der Waals surface area contributed by atoms with Crippen LogP contribution in [-0.2, 0) is 20.0 Å². The molecular formula is C13H14Br2ClN3. The molecule has 0 unspecified atom stereocenters. The summed E-state index contributed by atoms with van der Waals surface area (Å²) >= 11 is 13.1. The van der Waals surface area contributed by atoms with Crippen LogP contribution < -0.4 is 5.32 Å². The number of anilines is 1. The van der Waals surface area contributed by atoms with Gasteiger partial charge in [-0.2, -0.15) is 5.10 Å². The molecule has 2 aromatic rings. The minimum atomic E-state index is 0.696. The van der Waals surface area contributed by atoms with Crippen LogP contribution in [0.1, 0.15) is 18.3 Å². The van der Waals surface area contributed by atoms with Crippen molar-refractivity contribution in [2.75, 3.05) is 5.32 Å². The Kier molecular flexibility index (Phi) is 4.92. The summed E-state index contributed by atoms with van der Waals surface area (Å²) in [7, 11) is 1.95. The van der Waals surface area contributed by atoms with Crippen LogP contribution in [0, 0.1) is 0 Å². The quantitative estimate of drug-likeness (QED) is 0.791. The van der Waals surface area contributed by atoms with Crippen LogP contribution in [-0.4, -0.2) is 9.78 Å². The molecule has 2 rings (SSSR count). The minimum Gasteiger partial charge on any atom is -0.379 e. The Hall–Kier alpha value is -0.520. The predicted molar refractivity (Wildman–Crippen MR) is 86.8 cm³/mol. The standard InChI is InChI=1S/C13H14Br2ClN3/c1-3-11-13(15)12(19(2)18-11)7-17-8-4-5-9(14)10(16)6-8/h4-6,17H,3,7H2,1-2H3. The van der Waals surface area contributed by atoms with E-state index < -0.39 is 0 Å². The van der Waals surface area contributed by atoms with Gasteiger partial charge in [0.05, 0.1) is 27.4 Å². The Morgan fingerprint density at radius 3 is 2.68 bits per heavy atom. The molecule has 0 amide bonds. The zero-order valence-corrected chi connectivity index (χ0v) is 14.6. The number of aromatic nitrogens is 2. The molecule has 0 fully saturated rings. The topological polar surface area (TPSA) is 29.9 Å². The van der Waals surface area contributed by atoms with Crippen LogP contribution in [0.3, 0.4) is 0 Å². The van der Waals surface area contributed by atoms with Crippen LogP contribution in [0.5, 0.6) is 0 Å². The largest absolute Gasteiger partial charge is 0.379 e. The Bertz CT molecular complexity index is 596. The van der Waals surface area contributed by atoms with Gasteiger partial charge in [0.2, 0.25) is 0 Å². The number of nitrogens with one attached hydrogen (secondary N) is 1. The Morgan fingerprint density at radius 2 is 2.11 bits per heavy atom. The van der Waals surface area contributed by atoms with Crippen LogP contribution >= 0.6 is 43.5 Å². The zero-order valence-electron chi connectivity index (χ0n) is 10.7. The van der Waals surface area contributed by atoms with Gasteiger partial charge in [-0.15, -0.1) is 0 Å². The lowest BCUT2D eigenvalue weighted by molar-refractivity contribution is 0.706. The average Bonchev–Trinajstić information content (AvgIpc) is 2.66. The molecule has 0 bridgehead atoms. The molecule has 19 heavy (non-hydrogen) atoms. The third kappa shape index (κ3) is 3.33. The van der Waals surface area contributed by atoms with Crippen molar-refractivity contribution in [3.05, 3.63) is 43.6 Å². The van der Waals surface area contributed by atoms with E-state index in [-0.39, 0.29) is 0 Å². The van der Waals surface area contributed by atoms with Gasteiger partial charge in [0.1, 0.15) is 0 Å². The van der Waals surface area contributed by atoms with Gasteiger partial charge in [-0.05, 0) is 56.5 Å². The highest BCUT2D eigenvalue weighted by Gasteiger charge is 2.12. The zero-order chi connectivity index (χ0) is 14.0. The molecule has 1 N–H and O–H groups in total. The summed E-state index contributed by atoms with van der Waals surface area (Å²) in [6.07, 6.45) is 0.915. The van der Waals surface area contributed by atoms with E-state index in [9.17, 15) is 0 Å². The predicted octanol–water partition coefficient (Wildman–Crippen LogP) is 4.77.